The minimum atomic E-state index is -0.0522. The average Bonchev–Trinajstić information content (AvgIpc) is 2.58. The lowest BCUT2D eigenvalue weighted by molar-refractivity contribution is 0.0658. The summed E-state index contributed by atoms with van der Waals surface area (Å²) >= 11 is 6.16. The van der Waals surface area contributed by atoms with Crippen molar-refractivity contribution in [2.45, 2.75) is 13.8 Å². The summed E-state index contributed by atoms with van der Waals surface area (Å²) in [4.78, 5) is 25.6. The number of benzene rings is 1. The van der Waals surface area contributed by atoms with Crippen molar-refractivity contribution in [3.05, 3.63) is 46.2 Å². The van der Waals surface area contributed by atoms with Crippen LogP contribution in [0.25, 0.3) is 0 Å². The first-order valence-electron chi connectivity index (χ1n) is 8.29. The van der Waals surface area contributed by atoms with Gasteiger partial charge in [-0.05, 0) is 44.7 Å². The molecule has 2 heterocycles. The van der Waals surface area contributed by atoms with Gasteiger partial charge in [-0.1, -0.05) is 17.7 Å². The number of hydrogen-bond donors (Lipinski definition) is 1. The standard InChI is InChI=1S/C18H22ClN5O/c1-12-4-5-14(11-15(12)19)21-18-20-13(2)10-16(22-18)17(25)24-8-6-23(3)7-9-24/h4-5,10-11H,6-9H2,1-3H3,(H,20,21,22). The van der Waals surface area contributed by atoms with Crippen LogP contribution in [0.15, 0.2) is 24.3 Å². The molecule has 2 aromatic rings. The first kappa shape index (κ1) is 17.6. The van der Waals surface area contributed by atoms with Crippen LogP contribution in [-0.4, -0.2) is 58.9 Å². The van der Waals surface area contributed by atoms with Gasteiger partial charge in [-0.2, -0.15) is 0 Å². The Bertz CT molecular complexity index is 787. The molecule has 0 radical (unpaired) electrons. The number of hydrogen-bond acceptors (Lipinski definition) is 5. The Morgan fingerprint density at radius 3 is 2.52 bits per heavy atom. The summed E-state index contributed by atoms with van der Waals surface area (Å²) in [6.07, 6.45) is 0. The lowest BCUT2D eigenvalue weighted by Crippen LogP contribution is -2.47. The molecule has 0 saturated carbocycles. The van der Waals surface area contributed by atoms with E-state index in [0.717, 1.165) is 30.0 Å². The van der Waals surface area contributed by atoms with E-state index in [9.17, 15) is 4.79 Å². The highest BCUT2D eigenvalue weighted by molar-refractivity contribution is 6.31. The molecule has 1 amide bonds. The summed E-state index contributed by atoms with van der Waals surface area (Å²) in [7, 11) is 2.06. The van der Waals surface area contributed by atoms with Gasteiger partial charge in [0.25, 0.3) is 5.91 Å². The van der Waals surface area contributed by atoms with Crippen LogP contribution >= 0.6 is 11.6 Å². The Morgan fingerprint density at radius 2 is 1.84 bits per heavy atom. The van der Waals surface area contributed by atoms with Crippen molar-refractivity contribution < 1.29 is 4.79 Å². The molecule has 0 atom stereocenters. The van der Waals surface area contributed by atoms with E-state index in [1.165, 1.54) is 0 Å². The highest BCUT2D eigenvalue weighted by atomic mass is 35.5. The van der Waals surface area contributed by atoms with Crippen LogP contribution in [0, 0.1) is 13.8 Å². The first-order chi connectivity index (χ1) is 11.9. The Balaban J connectivity index is 1.80. The molecule has 1 aromatic heterocycles. The summed E-state index contributed by atoms with van der Waals surface area (Å²) in [5.74, 6) is 0.348. The topological polar surface area (TPSA) is 61.4 Å². The Hall–Kier alpha value is -2.18. The maximum Gasteiger partial charge on any atom is 0.272 e. The van der Waals surface area contributed by atoms with Crippen molar-refractivity contribution in [1.82, 2.24) is 19.8 Å². The normalized spacial score (nSPS) is 15.3. The van der Waals surface area contributed by atoms with E-state index < -0.39 is 0 Å². The fourth-order valence-electron chi connectivity index (χ4n) is 2.71. The highest BCUT2D eigenvalue weighted by Crippen LogP contribution is 2.22. The number of piperazine rings is 1. The van der Waals surface area contributed by atoms with Crippen LogP contribution in [0.3, 0.4) is 0 Å². The summed E-state index contributed by atoms with van der Waals surface area (Å²) in [6, 6.07) is 7.39. The van der Waals surface area contributed by atoms with Crippen molar-refractivity contribution in [3.63, 3.8) is 0 Å². The maximum absolute atomic E-state index is 12.7. The molecule has 0 aliphatic carbocycles. The lowest BCUT2D eigenvalue weighted by Gasteiger charge is -2.32. The largest absolute Gasteiger partial charge is 0.335 e. The zero-order valence-corrected chi connectivity index (χ0v) is 15.5. The van der Waals surface area contributed by atoms with Crippen LogP contribution in [-0.2, 0) is 0 Å². The summed E-state index contributed by atoms with van der Waals surface area (Å²) in [5, 5.41) is 3.80. The van der Waals surface area contributed by atoms with E-state index >= 15 is 0 Å². The number of carbonyl (C=O) groups is 1. The molecule has 0 bridgehead atoms. The van der Waals surface area contributed by atoms with Gasteiger partial charge < -0.3 is 15.1 Å². The number of nitrogens with zero attached hydrogens (tertiary/aromatic N) is 4. The fraction of sp³-hybridized carbons (Fsp3) is 0.389. The van der Waals surface area contributed by atoms with Crippen molar-refractivity contribution in [3.8, 4) is 0 Å². The number of aryl methyl sites for hydroxylation is 2. The minimum Gasteiger partial charge on any atom is -0.335 e. The minimum absolute atomic E-state index is 0.0522. The van der Waals surface area contributed by atoms with Gasteiger partial charge in [0, 0.05) is 42.6 Å². The van der Waals surface area contributed by atoms with Crippen molar-refractivity contribution in [1.29, 1.82) is 0 Å². The zero-order chi connectivity index (χ0) is 18.0. The van der Waals surface area contributed by atoms with Gasteiger partial charge in [0.05, 0.1) is 0 Å². The number of amides is 1. The average molecular weight is 360 g/mol. The number of anilines is 2. The molecule has 1 aromatic carbocycles. The molecule has 3 rings (SSSR count). The first-order valence-corrected chi connectivity index (χ1v) is 8.67. The number of aromatic nitrogens is 2. The molecule has 25 heavy (non-hydrogen) atoms. The summed E-state index contributed by atoms with van der Waals surface area (Å²) < 4.78 is 0. The van der Waals surface area contributed by atoms with Gasteiger partial charge in [0.2, 0.25) is 5.95 Å². The molecular weight excluding hydrogens is 338 g/mol. The van der Waals surface area contributed by atoms with E-state index in [1.54, 1.807) is 6.07 Å². The van der Waals surface area contributed by atoms with Gasteiger partial charge in [0.1, 0.15) is 5.69 Å². The zero-order valence-electron chi connectivity index (χ0n) is 14.7. The third-order valence-electron chi connectivity index (χ3n) is 4.29. The number of rotatable bonds is 3. The Labute approximate surface area is 152 Å². The number of halogens is 1. The van der Waals surface area contributed by atoms with Crippen LogP contribution in [0.2, 0.25) is 5.02 Å². The number of nitrogens with one attached hydrogen (secondary N) is 1. The van der Waals surface area contributed by atoms with Gasteiger partial charge in [0.15, 0.2) is 0 Å². The van der Waals surface area contributed by atoms with E-state index in [0.29, 0.717) is 29.8 Å². The van der Waals surface area contributed by atoms with E-state index in [1.807, 2.05) is 36.9 Å². The van der Waals surface area contributed by atoms with Crippen LogP contribution < -0.4 is 5.32 Å². The lowest BCUT2D eigenvalue weighted by atomic mass is 10.2. The molecule has 1 fully saturated rings. The molecule has 7 heteroatoms. The molecule has 0 unspecified atom stereocenters. The fourth-order valence-corrected chi connectivity index (χ4v) is 2.89. The van der Waals surface area contributed by atoms with Gasteiger partial charge in [-0.3, -0.25) is 4.79 Å². The number of carbonyl (C=O) groups excluding carboxylic acids is 1. The van der Waals surface area contributed by atoms with Crippen molar-refractivity contribution >= 4 is 29.1 Å². The maximum atomic E-state index is 12.7. The second-order valence-electron chi connectivity index (χ2n) is 6.40. The van der Waals surface area contributed by atoms with E-state index in [-0.39, 0.29) is 5.91 Å². The van der Waals surface area contributed by atoms with Crippen molar-refractivity contribution in [2.24, 2.45) is 0 Å². The molecule has 0 spiro atoms. The SMILES string of the molecule is Cc1cc(C(=O)N2CCN(C)CC2)nc(Nc2ccc(C)c(Cl)c2)n1. The van der Waals surface area contributed by atoms with Gasteiger partial charge >= 0.3 is 0 Å². The Kier molecular flexibility index (Phi) is 5.20. The third kappa shape index (κ3) is 4.27. The van der Waals surface area contributed by atoms with Crippen molar-refractivity contribution in [2.75, 3.05) is 38.5 Å². The monoisotopic (exact) mass is 359 g/mol. The van der Waals surface area contributed by atoms with E-state index in [2.05, 4.69) is 27.2 Å². The number of likely N-dealkylation sites (N-methyl/N-ethyl adjacent to an activating group) is 1. The van der Waals surface area contributed by atoms with Gasteiger partial charge in [-0.15, -0.1) is 0 Å². The second-order valence-corrected chi connectivity index (χ2v) is 6.81. The smallest absolute Gasteiger partial charge is 0.272 e. The summed E-state index contributed by atoms with van der Waals surface area (Å²) in [5.41, 5.74) is 2.95. The predicted octanol–water partition coefficient (Wildman–Crippen LogP) is 2.88. The second kappa shape index (κ2) is 7.37. The molecule has 1 saturated heterocycles. The predicted molar refractivity (Wildman–Crippen MR) is 99.6 cm³/mol. The van der Waals surface area contributed by atoms with Crippen LogP contribution in [0.4, 0.5) is 11.6 Å². The molecule has 1 N–H and O–H groups in total. The molecule has 132 valence electrons. The summed E-state index contributed by atoms with van der Waals surface area (Å²) in [6.45, 7) is 6.99. The van der Waals surface area contributed by atoms with E-state index in [4.69, 9.17) is 11.6 Å². The van der Waals surface area contributed by atoms with Crippen LogP contribution in [0.5, 0.6) is 0 Å². The molecule has 1 aliphatic heterocycles. The Morgan fingerprint density at radius 1 is 1.12 bits per heavy atom. The molecule has 6 nitrogen and oxygen atoms in total. The highest BCUT2D eigenvalue weighted by Gasteiger charge is 2.22. The van der Waals surface area contributed by atoms with Gasteiger partial charge in [-0.25, -0.2) is 9.97 Å². The van der Waals surface area contributed by atoms with Crippen LogP contribution in [0.1, 0.15) is 21.7 Å². The quantitative estimate of drug-likeness (QED) is 0.913. The third-order valence-corrected chi connectivity index (χ3v) is 4.70. The molecular formula is C18H22ClN5O. The molecule has 1 aliphatic rings.